The first-order chi connectivity index (χ1) is 12.1. The Kier molecular flexibility index (Phi) is 5.09. The Hall–Kier alpha value is -2.73. The van der Waals surface area contributed by atoms with Gasteiger partial charge in [0.25, 0.3) is 0 Å². The Morgan fingerprint density at radius 1 is 1.20 bits per heavy atom. The zero-order valence-electron chi connectivity index (χ0n) is 14.1. The zero-order valence-corrected chi connectivity index (χ0v) is 14.9. The van der Waals surface area contributed by atoms with Gasteiger partial charge < -0.3 is 9.30 Å². The fourth-order valence-electron chi connectivity index (χ4n) is 2.65. The minimum absolute atomic E-state index is 0.193. The van der Waals surface area contributed by atoms with Crippen LogP contribution in [0.4, 0.5) is 0 Å². The topological polar surface area (TPSA) is 61.2 Å². The van der Waals surface area contributed by atoms with Crippen LogP contribution in [0.25, 0.3) is 0 Å². The molecule has 0 aromatic carbocycles. The van der Waals surface area contributed by atoms with Crippen molar-refractivity contribution in [3.8, 4) is 0 Å². The molecule has 6 heteroatoms. The Morgan fingerprint density at radius 3 is 2.72 bits per heavy atom. The van der Waals surface area contributed by atoms with Crippen LogP contribution >= 0.6 is 11.3 Å². The molecular weight excluding hydrogens is 336 g/mol. The van der Waals surface area contributed by atoms with E-state index in [1.807, 2.05) is 31.4 Å². The lowest BCUT2D eigenvalue weighted by Gasteiger charge is -2.08. The number of thiophene rings is 1. The third-order valence-corrected chi connectivity index (χ3v) is 4.84. The summed E-state index contributed by atoms with van der Waals surface area (Å²) in [6.45, 7) is 4.32. The van der Waals surface area contributed by atoms with Gasteiger partial charge in [-0.3, -0.25) is 4.79 Å². The molecule has 3 rings (SSSR count). The quantitative estimate of drug-likeness (QED) is 0.501. The Labute approximate surface area is 149 Å². The van der Waals surface area contributed by atoms with Gasteiger partial charge in [0, 0.05) is 28.0 Å². The van der Waals surface area contributed by atoms with Gasteiger partial charge >= 0.3 is 5.97 Å². The number of aromatic nitrogens is 2. The van der Waals surface area contributed by atoms with Crippen LogP contribution in [0.1, 0.15) is 37.1 Å². The summed E-state index contributed by atoms with van der Waals surface area (Å²) in [6.07, 6.45) is 1.51. The van der Waals surface area contributed by atoms with Gasteiger partial charge in [0.1, 0.15) is 5.69 Å². The number of esters is 1. The Bertz CT molecular complexity index is 883. The van der Waals surface area contributed by atoms with Crippen molar-refractivity contribution >= 4 is 23.1 Å². The highest BCUT2D eigenvalue weighted by molar-refractivity contribution is 7.09. The number of nitrogens with zero attached hydrogens (tertiary/aromatic N) is 2. The lowest BCUT2D eigenvalue weighted by molar-refractivity contribution is 0.0468. The zero-order chi connectivity index (χ0) is 17.8. The van der Waals surface area contributed by atoms with Crippen molar-refractivity contribution < 1.29 is 14.3 Å². The maximum absolute atomic E-state index is 12.5. The van der Waals surface area contributed by atoms with E-state index in [4.69, 9.17) is 4.74 Å². The lowest BCUT2D eigenvalue weighted by Crippen LogP contribution is -2.16. The molecule has 0 saturated heterocycles. The number of ketones is 1. The molecule has 0 aliphatic heterocycles. The molecule has 0 aliphatic carbocycles. The van der Waals surface area contributed by atoms with Crippen molar-refractivity contribution in [2.24, 2.45) is 0 Å². The molecule has 0 spiro atoms. The summed E-state index contributed by atoms with van der Waals surface area (Å²) in [5.74, 6) is -0.809. The van der Waals surface area contributed by atoms with E-state index in [1.54, 1.807) is 29.5 Å². The standard InChI is InChI=1S/C19H18N2O3S/c1-13-10-16(14(2)21(13)11-15-6-5-9-25-15)18(22)12-24-19(23)17-7-3-4-8-20-17/h3-10H,11-12H2,1-2H3. The number of hydrogen-bond donors (Lipinski definition) is 0. The number of Topliss-reactive ketones (excluding diaryl/α,β-unsaturated/α-hetero) is 1. The van der Waals surface area contributed by atoms with Crippen LogP contribution in [-0.2, 0) is 11.3 Å². The van der Waals surface area contributed by atoms with Gasteiger partial charge in [-0.2, -0.15) is 0 Å². The first-order valence-corrected chi connectivity index (χ1v) is 8.74. The number of ether oxygens (including phenoxy) is 1. The van der Waals surface area contributed by atoms with Crippen molar-refractivity contribution in [2.45, 2.75) is 20.4 Å². The first-order valence-electron chi connectivity index (χ1n) is 7.86. The van der Waals surface area contributed by atoms with E-state index in [2.05, 4.69) is 15.6 Å². The van der Waals surface area contributed by atoms with Gasteiger partial charge in [-0.05, 0) is 43.5 Å². The second kappa shape index (κ2) is 7.44. The third-order valence-electron chi connectivity index (χ3n) is 3.98. The van der Waals surface area contributed by atoms with Gasteiger partial charge in [-0.1, -0.05) is 12.1 Å². The minimum Gasteiger partial charge on any atom is -0.453 e. The molecule has 0 atom stereocenters. The fraction of sp³-hybridized carbons (Fsp3) is 0.211. The number of aryl methyl sites for hydroxylation is 1. The van der Waals surface area contributed by atoms with Crippen molar-refractivity contribution in [2.75, 3.05) is 6.61 Å². The molecule has 0 N–H and O–H groups in total. The molecule has 5 nitrogen and oxygen atoms in total. The molecule has 3 aromatic heterocycles. The predicted octanol–water partition coefficient (Wildman–Crippen LogP) is 3.65. The summed E-state index contributed by atoms with van der Waals surface area (Å²) in [4.78, 5) is 29.5. The largest absolute Gasteiger partial charge is 0.453 e. The molecule has 3 heterocycles. The van der Waals surface area contributed by atoms with E-state index in [0.29, 0.717) is 5.56 Å². The average molecular weight is 354 g/mol. The molecule has 25 heavy (non-hydrogen) atoms. The molecule has 0 aliphatic rings. The maximum Gasteiger partial charge on any atom is 0.357 e. The third kappa shape index (κ3) is 3.85. The van der Waals surface area contributed by atoms with E-state index in [9.17, 15) is 9.59 Å². The maximum atomic E-state index is 12.5. The minimum atomic E-state index is -0.596. The number of rotatable bonds is 6. The molecule has 0 fully saturated rings. The highest BCUT2D eigenvalue weighted by Gasteiger charge is 2.18. The first kappa shape index (κ1) is 17.1. The van der Waals surface area contributed by atoms with E-state index < -0.39 is 5.97 Å². The second-order valence-corrected chi connectivity index (χ2v) is 6.70. The summed E-state index contributed by atoms with van der Waals surface area (Å²) in [6, 6.07) is 10.9. The van der Waals surface area contributed by atoms with Crippen molar-refractivity contribution in [3.05, 3.63) is 75.5 Å². The van der Waals surface area contributed by atoms with Gasteiger partial charge in [0.15, 0.2) is 6.61 Å². The van der Waals surface area contributed by atoms with E-state index in [-0.39, 0.29) is 18.1 Å². The van der Waals surface area contributed by atoms with E-state index >= 15 is 0 Å². The van der Waals surface area contributed by atoms with Gasteiger partial charge in [-0.15, -0.1) is 11.3 Å². The van der Waals surface area contributed by atoms with Crippen molar-refractivity contribution in [1.82, 2.24) is 9.55 Å². The van der Waals surface area contributed by atoms with Crippen molar-refractivity contribution in [3.63, 3.8) is 0 Å². The number of hydrogen-bond acceptors (Lipinski definition) is 5. The number of carbonyl (C=O) groups is 2. The molecule has 0 amide bonds. The molecule has 0 bridgehead atoms. The molecule has 0 radical (unpaired) electrons. The fourth-order valence-corrected chi connectivity index (χ4v) is 3.34. The molecule has 0 unspecified atom stereocenters. The normalized spacial score (nSPS) is 10.6. The van der Waals surface area contributed by atoms with E-state index in [0.717, 1.165) is 17.9 Å². The summed E-state index contributed by atoms with van der Waals surface area (Å²) in [5, 5.41) is 2.03. The van der Waals surface area contributed by atoms with Crippen molar-refractivity contribution in [1.29, 1.82) is 0 Å². The highest BCUT2D eigenvalue weighted by atomic mass is 32.1. The van der Waals surface area contributed by atoms with Gasteiger partial charge in [0.2, 0.25) is 5.78 Å². The summed E-state index contributed by atoms with van der Waals surface area (Å²) in [5.41, 5.74) is 2.66. The summed E-state index contributed by atoms with van der Waals surface area (Å²) >= 11 is 1.68. The van der Waals surface area contributed by atoms with Crippen LogP contribution in [0, 0.1) is 13.8 Å². The lowest BCUT2D eigenvalue weighted by atomic mass is 10.1. The van der Waals surface area contributed by atoms with Crippen LogP contribution in [0.5, 0.6) is 0 Å². The van der Waals surface area contributed by atoms with Gasteiger partial charge in [-0.25, -0.2) is 9.78 Å². The highest BCUT2D eigenvalue weighted by Crippen LogP contribution is 2.20. The molecular formula is C19H18N2O3S. The average Bonchev–Trinajstić information content (AvgIpc) is 3.24. The number of pyridine rings is 1. The van der Waals surface area contributed by atoms with Crippen LogP contribution in [0.3, 0.4) is 0 Å². The van der Waals surface area contributed by atoms with Crippen LogP contribution in [0.15, 0.2) is 48.0 Å². The molecule has 3 aromatic rings. The molecule has 128 valence electrons. The molecule has 0 saturated carbocycles. The Balaban J connectivity index is 1.69. The van der Waals surface area contributed by atoms with E-state index in [1.165, 1.54) is 11.1 Å². The number of carbonyl (C=O) groups excluding carboxylic acids is 2. The second-order valence-electron chi connectivity index (χ2n) is 5.66. The van der Waals surface area contributed by atoms with Gasteiger partial charge in [0.05, 0.1) is 6.54 Å². The predicted molar refractivity (Wildman–Crippen MR) is 96.2 cm³/mol. The Morgan fingerprint density at radius 2 is 2.04 bits per heavy atom. The van der Waals surface area contributed by atoms with Crippen LogP contribution in [0.2, 0.25) is 0 Å². The monoisotopic (exact) mass is 354 g/mol. The SMILES string of the molecule is Cc1cc(C(=O)COC(=O)c2ccccn2)c(C)n1Cc1cccs1. The summed E-state index contributed by atoms with van der Waals surface area (Å²) < 4.78 is 7.19. The smallest absolute Gasteiger partial charge is 0.357 e. The van der Waals surface area contributed by atoms with Crippen LogP contribution < -0.4 is 0 Å². The van der Waals surface area contributed by atoms with Crippen LogP contribution in [-0.4, -0.2) is 27.9 Å². The summed E-state index contributed by atoms with van der Waals surface area (Å²) in [7, 11) is 0.